The van der Waals surface area contributed by atoms with Crippen LogP contribution in [0, 0.1) is 0 Å². The van der Waals surface area contributed by atoms with Crippen LogP contribution in [0.15, 0.2) is 84.9 Å². The molecular formula is C26H26N2. The van der Waals surface area contributed by atoms with Crippen LogP contribution < -0.4 is 0 Å². The van der Waals surface area contributed by atoms with Gasteiger partial charge in [-0.15, -0.1) is 0 Å². The first-order valence-electron chi connectivity index (χ1n) is 10.1. The summed E-state index contributed by atoms with van der Waals surface area (Å²) in [6, 6.07) is 30.7. The second kappa shape index (κ2) is 6.65. The van der Waals surface area contributed by atoms with Crippen molar-refractivity contribution < 1.29 is 0 Å². The number of para-hydroxylation sites is 1. The predicted molar refractivity (Wildman–Crippen MR) is 116 cm³/mol. The van der Waals surface area contributed by atoms with Gasteiger partial charge in [-0.05, 0) is 36.1 Å². The van der Waals surface area contributed by atoms with Crippen molar-refractivity contribution in [1.82, 2.24) is 9.47 Å². The molecule has 0 radical (unpaired) electrons. The Hall–Kier alpha value is -2.84. The van der Waals surface area contributed by atoms with Crippen molar-refractivity contribution >= 4 is 10.9 Å². The van der Waals surface area contributed by atoms with Crippen molar-refractivity contribution in [2.24, 2.45) is 7.05 Å². The number of benzene rings is 3. The van der Waals surface area contributed by atoms with E-state index in [-0.39, 0.29) is 5.54 Å². The van der Waals surface area contributed by atoms with E-state index < -0.39 is 0 Å². The summed E-state index contributed by atoms with van der Waals surface area (Å²) in [5, 5.41) is 1.40. The number of rotatable bonds is 3. The zero-order chi connectivity index (χ0) is 19.1. The SMILES string of the molecule is Cn1c2c(c3ccccc31)CCN(Cc1ccccc1)C2(C)c1ccccc1. The van der Waals surface area contributed by atoms with Crippen LogP contribution in [-0.2, 0) is 25.6 Å². The lowest BCUT2D eigenvalue weighted by Crippen LogP contribution is -2.49. The highest BCUT2D eigenvalue weighted by molar-refractivity contribution is 5.86. The van der Waals surface area contributed by atoms with Gasteiger partial charge in [0.05, 0.1) is 5.54 Å². The highest BCUT2D eigenvalue weighted by atomic mass is 15.2. The molecule has 1 aromatic heterocycles. The van der Waals surface area contributed by atoms with E-state index in [1.54, 1.807) is 0 Å². The normalized spacial score (nSPS) is 19.6. The van der Waals surface area contributed by atoms with E-state index in [1.807, 2.05) is 0 Å². The lowest BCUT2D eigenvalue weighted by atomic mass is 9.80. The van der Waals surface area contributed by atoms with Gasteiger partial charge < -0.3 is 4.57 Å². The van der Waals surface area contributed by atoms with E-state index in [9.17, 15) is 0 Å². The number of aryl methyl sites for hydroxylation is 1. The molecule has 0 aliphatic carbocycles. The molecule has 1 atom stereocenters. The van der Waals surface area contributed by atoms with Crippen molar-refractivity contribution in [1.29, 1.82) is 0 Å². The quantitative estimate of drug-likeness (QED) is 0.465. The lowest BCUT2D eigenvalue weighted by Gasteiger charge is -2.46. The molecule has 0 N–H and O–H groups in total. The molecule has 0 bridgehead atoms. The van der Waals surface area contributed by atoms with Crippen LogP contribution in [0.5, 0.6) is 0 Å². The van der Waals surface area contributed by atoms with Gasteiger partial charge in [0.1, 0.15) is 0 Å². The molecule has 2 heteroatoms. The molecule has 1 unspecified atom stereocenters. The van der Waals surface area contributed by atoms with Crippen LogP contribution in [0.4, 0.5) is 0 Å². The van der Waals surface area contributed by atoms with Gasteiger partial charge in [-0.1, -0.05) is 78.9 Å². The van der Waals surface area contributed by atoms with Crippen molar-refractivity contribution in [3.05, 3.63) is 107 Å². The summed E-state index contributed by atoms with van der Waals surface area (Å²) in [5.74, 6) is 0. The Bertz CT molecular complexity index is 1110. The molecule has 0 saturated carbocycles. The zero-order valence-corrected chi connectivity index (χ0v) is 16.6. The maximum atomic E-state index is 2.65. The van der Waals surface area contributed by atoms with E-state index in [0.29, 0.717) is 0 Å². The van der Waals surface area contributed by atoms with Crippen LogP contribution in [0.3, 0.4) is 0 Å². The van der Waals surface area contributed by atoms with Gasteiger partial charge in [-0.2, -0.15) is 0 Å². The van der Waals surface area contributed by atoms with Crippen LogP contribution in [0.2, 0.25) is 0 Å². The molecule has 2 heterocycles. The van der Waals surface area contributed by atoms with Gasteiger partial charge in [-0.3, -0.25) is 4.90 Å². The standard InChI is InChI=1S/C26H26N2/c1-26(21-13-7-4-8-14-21)25-23(22-15-9-10-16-24(22)27(25)2)17-18-28(26)19-20-11-5-3-6-12-20/h3-16H,17-19H2,1-2H3. The summed E-state index contributed by atoms with van der Waals surface area (Å²) < 4.78 is 2.43. The first-order chi connectivity index (χ1) is 13.7. The van der Waals surface area contributed by atoms with Gasteiger partial charge in [0, 0.05) is 36.7 Å². The minimum absolute atomic E-state index is 0.168. The maximum Gasteiger partial charge on any atom is 0.0846 e. The topological polar surface area (TPSA) is 8.17 Å². The summed E-state index contributed by atoms with van der Waals surface area (Å²) in [5.41, 5.74) is 6.83. The highest BCUT2D eigenvalue weighted by Gasteiger charge is 2.43. The third kappa shape index (κ3) is 2.52. The van der Waals surface area contributed by atoms with E-state index >= 15 is 0 Å². The average Bonchev–Trinajstić information content (AvgIpc) is 3.05. The third-order valence-electron chi connectivity index (χ3n) is 6.49. The summed E-state index contributed by atoms with van der Waals surface area (Å²) >= 11 is 0. The summed E-state index contributed by atoms with van der Waals surface area (Å²) in [7, 11) is 2.23. The molecule has 1 aliphatic heterocycles. The van der Waals surface area contributed by atoms with Crippen molar-refractivity contribution in [2.45, 2.75) is 25.4 Å². The average molecular weight is 367 g/mol. The summed E-state index contributed by atoms with van der Waals surface area (Å²) in [6.45, 7) is 4.41. The number of fused-ring (bicyclic) bond motifs is 3. The van der Waals surface area contributed by atoms with Gasteiger partial charge in [0.25, 0.3) is 0 Å². The second-order valence-corrected chi connectivity index (χ2v) is 8.00. The number of nitrogens with zero attached hydrogens (tertiary/aromatic N) is 2. The fourth-order valence-electron chi connectivity index (χ4n) is 5.09. The Morgan fingerprint density at radius 1 is 0.821 bits per heavy atom. The molecule has 28 heavy (non-hydrogen) atoms. The maximum absolute atomic E-state index is 2.65. The molecule has 5 rings (SSSR count). The van der Waals surface area contributed by atoms with E-state index in [1.165, 1.54) is 33.3 Å². The number of aromatic nitrogens is 1. The van der Waals surface area contributed by atoms with E-state index in [2.05, 4.69) is 108 Å². The predicted octanol–water partition coefficient (Wildman–Crippen LogP) is 5.50. The largest absolute Gasteiger partial charge is 0.345 e. The van der Waals surface area contributed by atoms with Crippen molar-refractivity contribution in [3.63, 3.8) is 0 Å². The smallest absolute Gasteiger partial charge is 0.0846 e. The molecule has 4 aromatic rings. The Balaban J connectivity index is 1.73. The minimum Gasteiger partial charge on any atom is -0.345 e. The highest BCUT2D eigenvalue weighted by Crippen LogP contribution is 2.45. The Morgan fingerprint density at radius 2 is 1.46 bits per heavy atom. The molecule has 3 aromatic carbocycles. The molecular weight excluding hydrogens is 340 g/mol. The summed E-state index contributed by atoms with van der Waals surface area (Å²) in [4.78, 5) is 2.65. The Morgan fingerprint density at radius 3 is 2.21 bits per heavy atom. The number of hydrogen-bond donors (Lipinski definition) is 0. The Kier molecular flexibility index (Phi) is 4.10. The zero-order valence-electron chi connectivity index (χ0n) is 16.6. The number of hydrogen-bond acceptors (Lipinski definition) is 1. The molecule has 0 spiro atoms. The van der Waals surface area contributed by atoms with Crippen LogP contribution in [0.1, 0.15) is 29.3 Å². The van der Waals surface area contributed by atoms with E-state index in [0.717, 1.165) is 19.5 Å². The Labute approximate surface area is 167 Å². The summed E-state index contributed by atoms with van der Waals surface area (Å²) in [6.07, 6.45) is 1.09. The molecule has 2 nitrogen and oxygen atoms in total. The fraction of sp³-hybridized carbons (Fsp3) is 0.231. The van der Waals surface area contributed by atoms with E-state index in [4.69, 9.17) is 0 Å². The molecule has 0 amide bonds. The van der Waals surface area contributed by atoms with Gasteiger partial charge in [0.15, 0.2) is 0 Å². The molecule has 1 aliphatic rings. The van der Waals surface area contributed by atoms with Gasteiger partial charge in [-0.25, -0.2) is 0 Å². The third-order valence-corrected chi connectivity index (χ3v) is 6.49. The minimum atomic E-state index is -0.168. The molecule has 140 valence electrons. The monoisotopic (exact) mass is 366 g/mol. The first kappa shape index (κ1) is 17.3. The first-order valence-corrected chi connectivity index (χ1v) is 10.1. The molecule has 0 saturated heterocycles. The van der Waals surface area contributed by atoms with Crippen LogP contribution >= 0.6 is 0 Å². The van der Waals surface area contributed by atoms with Gasteiger partial charge in [0.2, 0.25) is 0 Å². The fourth-order valence-corrected chi connectivity index (χ4v) is 5.09. The second-order valence-electron chi connectivity index (χ2n) is 8.00. The molecule has 0 fully saturated rings. The van der Waals surface area contributed by atoms with Crippen LogP contribution in [-0.4, -0.2) is 16.0 Å². The van der Waals surface area contributed by atoms with Crippen molar-refractivity contribution in [2.75, 3.05) is 6.54 Å². The van der Waals surface area contributed by atoms with Crippen LogP contribution in [0.25, 0.3) is 10.9 Å². The van der Waals surface area contributed by atoms with Crippen molar-refractivity contribution in [3.8, 4) is 0 Å². The van der Waals surface area contributed by atoms with Gasteiger partial charge >= 0.3 is 0 Å². The lowest BCUT2D eigenvalue weighted by molar-refractivity contribution is 0.111.